The molecule has 0 atom stereocenters. The van der Waals surface area contributed by atoms with Gasteiger partial charge in [-0.3, -0.25) is 0 Å². The van der Waals surface area contributed by atoms with Gasteiger partial charge in [0.2, 0.25) is 0 Å². The Labute approximate surface area is 171 Å². The topological polar surface area (TPSA) is 59.8 Å². The van der Waals surface area contributed by atoms with E-state index in [0.717, 1.165) is 43.5 Å². The Kier molecular flexibility index (Phi) is 15.1. The van der Waals surface area contributed by atoms with Crippen molar-refractivity contribution in [2.45, 2.75) is 33.1 Å². The van der Waals surface area contributed by atoms with Crippen LogP contribution < -0.4 is 20.5 Å². The van der Waals surface area contributed by atoms with E-state index in [4.69, 9.17) is 15.2 Å². The van der Waals surface area contributed by atoms with E-state index in [9.17, 15) is 0 Å². The van der Waals surface area contributed by atoms with E-state index in [0.29, 0.717) is 0 Å². The van der Waals surface area contributed by atoms with Crippen molar-refractivity contribution >= 4 is 0 Å². The molecule has 28 heavy (non-hydrogen) atoms. The number of likely N-dealkylation sites (tertiary alicyclic amines) is 1. The maximum atomic E-state index is 6.12. The molecule has 0 saturated carbocycles. The Morgan fingerprint density at radius 3 is 2.07 bits per heavy atom. The minimum absolute atomic E-state index is 0.769. The standard InChI is InChI=1S/C13H25N3.C8H10O2.C2H2/c1-3-12(11-15-4-2)10-13(14)16-8-6-5-7-9-16;1-9-7-5-3-4-6-8(7)10-2;1-2/h3,10,15H,4-9,11,14H2,1-2H3;3-6H,1-2H3;1-2H/b12-3+,13-10+;;. The van der Waals surface area contributed by atoms with Crippen LogP contribution in [-0.2, 0) is 0 Å². The molecule has 1 saturated heterocycles. The number of terminal acetylenes is 1. The number of hydrogen-bond donors (Lipinski definition) is 2. The molecule has 0 bridgehead atoms. The molecule has 1 aromatic carbocycles. The number of hydrogen-bond acceptors (Lipinski definition) is 5. The molecule has 5 heteroatoms. The van der Waals surface area contributed by atoms with Crippen LogP contribution in [0.25, 0.3) is 0 Å². The summed E-state index contributed by atoms with van der Waals surface area (Å²) >= 11 is 0. The van der Waals surface area contributed by atoms with Gasteiger partial charge >= 0.3 is 0 Å². The van der Waals surface area contributed by atoms with Crippen molar-refractivity contribution in [3.8, 4) is 24.3 Å². The summed E-state index contributed by atoms with van der Waals surface area (Å²) in [6.07, 6.45) is 16.1. The van der Waals surface area contributed by atoms with E-state index in [-0.39, 0.29) is 0 Å². The van der Waals surface area contributed by atoms with Crippen LogP contribution >= 0.6 is 0 Å². The zero-order chi connectivity index (χ0) is 21.2. The highest BCUT2D eigenvalue weighted by Crippen LogP contribution is 2.24. The number of nitrogens with zero attached hydrogens (tertiary/aromatic N) is 1. The number of ether oxygens (including phenoxy) is 2. The molecule has 0 radical (unpaired) electrons. The first kappa shape index (κ1) is 25.4. The van der Waals surface area contributed by atoms with Crippen molar-refractivity contribution in [1.29, 1.82) is 0 Å². The van der Waals surface area contributed by atoms with Gasteiger partial charge in [-0.15, -0.1) is 12.8 Å². The Morgan fingerprint density at radius 1 is 1.11 bits per heavy atom. The maximum absolute atomic E-state index is 6.12. The fraction of sp³-hybridized carbons (Fsp3) is 0.478. The number of methoxy groups -OCH3 is 2. The summed E-state index contributed by atoms with van der Waals surface area (Å²) in [7, 11) is 3.25. The van der Waals surface area contributed by atoms with E-state index in [2.05, 4.69) is 49.1 Å². The van der Waals surface area contributed by atoms with E-state index in [1.807, 2.05) is 24.3 Å². The van der Waals surface area contributed by atoms with Crippen LogP contribution in [0.1, 0.15) is 33.1 Å². The second kappa shape index (κ2) is 16.6. The third-order valence-corrected chi connectivity index (χ3v) is 4.29. The number of nitrogens with two attached hydrogens (primary N) is 1. The van der Waals surface area contributed by atoms with Crippen molar-refractivity contribution in [2.24, 2.45) is 5.73 Å². The highest BCUT2D eigenvalue weighted by molar-refractivity contribution is 5.39. The smallest absolute Gasteiger partial charge is 0.160 e. The summed E-state index contributed by atoms with van der Waals surface area (Å²) in [4.78, 5) is 2.29. The van der Waals surface area contributed by atoms with Gasteiger partial charge in [0.1, 0.15) is 0 Å². The molecule has 1 aliphatic rings. The summed E-state index contributed by atoms with van der Waals surface area (Å²) in [5.74, 6) is 2.46. The second-order valence-electron chi connectivity index (χ2n) is 6.12. The molecule has 0 spiro atoms. The van der Waals surface area contributed by atoms with E-state index >= 15 is 0 Å². The number of benzene rings is 1. The van der Waals surface area contributed by atoms with Gasteiger partial charge in [-0.2, -0.15) is 0 Å². The normalized spacial score (nSPS) is 14.1. The van der Waals surface area contributed by atoms with Crippen LogP contribution in [0.2, 0.25) is 0 Å². The number of para-hydroxylation sites is 2. The van der Waals surface area contributed by atoms with E-state index in [1.54, 1.807) is 14.2 Å². The van der Waals surface area contributed by atoms with E-state index < -0.39 is 0 Å². The molecule has 5 nitrogen and oxygen atoms in total. The van der Waals surface area contributed by atoms with Gasteiger partial charge < -0.3 is 25.4 Å². The van der Waals surface area contributed by atoms with Crippen LogP contribution in [0.15, 0.2) is 47.8 Å². The summed E-state index contributed by atoms with van der Waals surface area (Å²) in [5, 5.41) is 3.32. The Bertz CT molecular complexity index is 580. The molecular weight excluding hydrogens is 350 g/mol. The van der Waals surface area contributed by atoms with Gasteiger partial charge in [-0.1, -0.05) is 25.1 Å². The molecule has 2 rings (SSSR count). The summed E-state index contributed by atoms with van der Waals surface area (Å²) < 4.78 is 10.0. The number of likely N-dealkylation sites (N-methyl/N-ethyl adjacent to an activating group) is 1. The van der Waals surface area contributed by atoms with Crippen molar-refractivity contribution in [3.05, 3.63) is 47.8 Å². The van der Waals surface area contributed by atoms with Crippen molar-refractivity contribution < 1.29 is 9.47 Å². The summed E-state index contributed by atoms with van der Waals surface area (Å²) in [6, 6.07) is 7.53. The molecular formula is C23H37N3O2. The van der Waals surface area contributed by atoms with Crippen molar-refractivity contribution in [1.82, 2.24) is 10.2 Å². The largest absolute Gasteiger partial charge is 0.493 e. The molecule has 1 aromatic rings. The first-order valence-electron chi connectivity index (χ1n) is 9.74. The molecule has 0 aromatic heterocycles. The van der Waals surface area contributed by atoms with Gasteiger partial charge in [0.05, 0.1) is 20.0 Å². The molecule has 0 aliphatic carbocycles. The lowest BCUT2D eigenvalue weighted by atomic mass is 10.1. The molecule has 1 aliphatic heterocycles. The molecule has 0 unspecified atom stereocenters. The quantitative estimate of drug-likeness (QED) is 0.551. The third-order valence-electron chi connectivity index (χ3n) is 4.29. The molecule has 3 N–H and O–H groups in total. The average molecular weight is 388 g/mol. The number of piperidine rings is 1. The SMILES string of the molecule is C#C.C/C=C(\C=C(/N)N1CCCCC1)CNCC.COc1ccccc1OC. The molecule has 0 amide bonds. The maximum Gasteiger partial charge on any atom is 0.160 e. The number of allylic oxidation sites excluding steroid dienone is 1. The first-order chi connectivity index (χ1) is 13.7. The summed E-state index contributed by atoms with van der Waals surface area (Å²) in [6.45, 7) is 8.30. The lowest BCUT2D eigenvalue weighted by molar-refractivity contribution is 0.282. The van der Waals surface area contributed by atoms with Crippen LogP contribution in [0.3, 0.4) is 0 Å². The minimum Gasteiger partial charge on any atom is -0.493 e. The fourth-order valence-corrected chi connectivity index (χ4v) is 2.73. The second-order valence-corrected chi connectivity index (χ2v) is 6.12. The zero-order valence-electron chi connectivity index (χ0n) is 17.9. The van der Waals surface area contributed by atoms with Gasteiger partial charge in [-0.05, 0) is 56.5 Å². The lowest BCUT2D eigenvalue weighted by Gasteiger charge is -2.29. The van der Waals surface area contributed by atoms with Gasteiger partial charge in [0.15, 0.2) is 11.5 Å². The number of nitrogens with one attached hydrogen (secondary N) is 1. The van der Waals surface area contributed by atoms with Gasteiger partial charge in [0.25, 0.3) is 0 Å². The first-order valence-corrected chi connectivity index (χ1v) is 9.74. The van der Waals surface area contributed by atoms with E-state index in [1.165, 1.54) is 24.8 Å². The lowest BCUT2D eigenvalue weighted by Crippen LogP contribution is -2.33. The van der Waals surface area contributed by atoms with Gasteiger partial charge in [-0.25, -0.2) is 0 Å². The van der Waals surface area contributed by atoms with Crippen molar-refractivity contribution in [2.75, 3.05) is 40.4 Å². The molecule has 1 heterocycles. The van der Waals surface area contributed by atoms with Crippen LogP contribution in [0.5, 0.6) is 11.5 Å². The number of rotatable bonds is 7. The third kappa shape index (κ3) is 9.94. The highest BCUT2D eigenvalue weighted by atomic mass is 16.5. The zero-order valence-corrected chi connectivity index (χ0v) is 17.9. The highest BCUT2D eigenvalue weighted by Gasteiger charge is 2.10. The minimum atomic E-state index is 0.769. The van der Waals surface area contributed by atoms with Crippen LogP contribution in [0, 0.1) is 12.8 Å². The molecule has 156 valence electrons. The molecule has 1 fully saturated rings. The fourth-order valence-electron chi connectivity index (χ4n) is 2.73. The summed E-state index contributed by atoms with van der Waals surface area (Å²) in [5.41, 5.74) is 7.38. The average Bonchev–Trinajstić information content (AvgIpc) is 2.78. The predicted octanol–water partition coefficient (Wildman–Crippen LogP) is 3.78. The monoisotopic (exact) mass is 387 g/mol. The Hall–Kier alpha value is -2.58. The predicted molar refractivity (Wildman–Crippen MR) is 119 cm³/mol. The Morgan fingerprint density at radius 2 is 1.64 bits per heavy atom. The van der Waals surface area contributed by atoms with Crippen LogP contribution in [0.4, 0.5) is 0 Å². The van der Waals surface area contributed by atoms with Crippen LogP contribution in [-0.4, -0.2) is 45.3 Å². The van der Waals surface area contributed by atoms with Crippen molar-refractivity contribution in [3.63, 3.8) is 0 Å². The van der Waals surface area contributed by atoms with Gasteiger partial charge in [0, 0.05) is 19.6 Å². The Balaban J connectivity index is 0.000000520.